The molecule has 4 heteroatoms. The van der Waals surface area contributed by atoms with Crippen molar-refractivity contribution in [3.05, 3.63) is 0 Å². The summed E-state index contributed by atoms with van der Waals surface area (Å²) in [5.74, 6) is 0.743. The SMILES string of the molecule is CC(C)(C)OC(=O)NC[C@@H]1CCC[C@H]1CO. The Morgan fingerprint density at radius 1 is 1.38 bits per heavy atom. The molecule has 1 aliphatic rings. The molecule has 0 aliphatic heterocycles. The van der Waals surface area contributed by atoms with Crippen molar-refractivity contribution in [1.82, 2.24) is 5.32 Å². The first-order valence-corrected chi connectivity index (χ1v) is 6.00. The van der Waals surface area contributed by atoms with Crippen LogP contribution in [0.2, 0.25) is 0 Å². The molecule has 0 heterocycles. The van der Waals surface area contributed by atoms with E-state index in [1.54, 1.807) is 0 Å². The van der Waals surface area contributed by atoms with Crippen LogP contribution in [-0.4, -0.2) is 30.0 Å². The van der Waals surface area contributed by atoms with Gasteiger partial charge in [-0.25, -0.2) is 4.79 Å². The number of hydrogen-bond donors (Lipinski definition) is 2. The molecule has 94 valence electrons. The second kappa shape index (κ2) is 5.53. The summed E-state index contributed by atoms with van der Waals surface area (Å²) in [6.45, 7) is 6.37. The Kier molecular flexibility index (Phi) is 4.59. The zero-order chi connectivity index (χ0) is 12.2. The Morgan fingerprint density at radius 3 is 2.56 bits per heavy atom. The van der Waals surface area contributed by atoms with E-state index in [0.717, 1.165) is 19.3 Å². The van der Waals surface area contributed by atoms with Gasteiger partial charge in [0, 0.05) is 13.2 Å². The minimum Gasteiger partial charge on any atom is -0.444 e. The second-order valence-electron chi connectivity index (χ2n) is 5.52. The van der Waals surface area contributed by atoms with Crippen molar-refractivity contribution in [2.45, 2.75) is 45.6 Å². The quantitative estimate of drug-likeness (QED) is 0.777. The highest BCUT2D eigenvalue weighted by Gasteiger charge is 2.27. The number of carbonyl (C=O) groups excluding carboxylic acids is 1. The summed E-state index contributed by atoms with van der Waals surface area (Å²) in [5.41, 5.74) is -0.448. The van der Waals surface area contributed by atoms with E-state index in [0.29, 0.717) is 18.4 Å². The average Bonchev–Trinajstić information content (AvgIpc) is 2.59. The number of nitrogens with one attached hydrogen (secondary N) is 1. The van der Waals surface area contributed by atoms with Gasteiger partial charge < -0.3 is 15.2 Å². The summed E-state index contributed by atoms with van der Waals surface area (Å²) in [5, 5.41) is 11.9. The van der Waals surface area contributed by atoms with Crippen LogP contribution in [0.4, 0.5) is 4.79 Å². The molecule has 1 saturated carbocycles. The maximum absolute atomic E-state index is 11.4. The lowest BCUT2D eigenvalue weighted by Crippen LogP contribution is -2.36. The molecular formula is C12H23NO3. The summed E-state index contributed by atoms with van der Waals surface area (Å²) >= 11 is 0. The molecule has 1 amide bonds. The minimum atomic E-state index is -0.448. The third kappa shape index (κ3) is 4.39. The van der Waals surface area contributed by atoms with Gasteiger partial charge in [0.1, 0.15) is 5.60 Å². The number of ether oxygens (including phenoxy) is 1. The predicted octanol–water partition coefficient (Wildman–Crippen LogP) is 1.92. The van der Waals surface area contributed by atoms with Gasteiger partial charge >= 0.3 is 6.09 Å². The molecule has 0 saturated heterocycles. The van der Waals surface area contributed by atoms with Gasteiger partial charge in [-0.3, -0.25) is 0 Å². The molecule has 0 radical (unpaired) electrons. The molecule has 1 aliphatic carbocycles. The summed E-state index contributed by atoms with van der Waals surface area (Å²) in [6, 6.07) is 0. The van der Waals surface area contributed by atoms with Crippen LogP contribution in [0, 0.1) is 11.8 Å². The fourth-order valence-electron chi connectivity index (χ4n) is 2.15. The maximum atomic E-state index is 11.4. The van der Waals surface area contributed by atoms with Crippen LogP contribution in [0.3, 0.4) is 0 Å². The zero-order valence-corrected chi connectivity index (χ0v) is 10.5. The fourth-order valence-corrected chi connectivity index (χ4v) is 2.15. The van der Waals surface area contributed by atoms with Gasteiger partial charge in [0.2, 0.25) is 0 Å². The van der Waals surface area contributed by atoms with E-state index >= 15 is 0 Å². The molecule has 16 heavy (non-hydrogen) atoms. The van der Waals surface area contributed by atoms with Crippen molar-refractivity contribution in [2.75, 3.05) is 13.2 Å². The molecule has 2 atom stereocenters. The maximum Gasteiger partial charge on any atom is 0.407 e. The highest BCUT2D eigenvalue weighted by atomic mass is 16.6. The molecule has 4 nitrogen and oxygen atoms in total. The Hall–Kier alpha value is -0.770. The fraction of sp³-hybridized carbons (Fsp3) is 0.917. The molecule has 0 aromatic rings. The first kappa shape index (κ1) is 13.3. The highest BCUT2D eigenvalue weighted by molar-refractivity contribution is 5.67. The second-order valence-corrected chi connectivity index (χ2v) is 5.52. The van der Waals surface area contributed by atoms with Crippen LogP contribution in [0.25, 0.3) is 0 Å². The average molecular weight is 229 g/mol. The number of rotatable bonds is 3. The number of carbonyl (C=O) groups is 1. The summed E-state index contributed by atoms with van der Waals surface area (Å²) in [6.07, 6.45) is 2.93. The number of alkyl carbamates (subject to hydrolysis) is 1. The third-order valence-electron chi connectivity index (χ3n) is 2.96. The largest absolute Gasteiger partial charge is 0.444 e. The molecule has 0 spiro atoms. The number of amides is 1. The number of aliphatic hydroxyl groups is 1. The molecule has 2 N–H and O–H groups in total. The van der Waals surface area contributed by atoms with Gasteiger partial charge in [0.05, 0.1) is 0 Å². The molecule has 1 fully saturated rings. The summed E-state index contributed by atoms with van der Waals surface area (Å²) in [4.78, 5) is 11.4. The van der Waals surface area contributed by atoms with Gasteiger partial charge in [-0.1, -0.05) is 6.42 Å². The van der Waals surface area contributed by atoms with Crippen molar-refractivity contribution in [1.29, 1.82) is 0 Å². The van der Waals surface area contributed by atoms with Crippen molar-refractivity contribution in [2.24, 2.45) is 11.8 Å². The highest BCUT2D eigenvalue weighted by Crippen LogP contribution is 2.30. The minimum absolute atomic E-state index is 0.223. The van der Waals surface area contributed by atoms with E-state index in [1.165, 1.54) is 0 Å². The smallest absolute Gasteiger partial charge is 0.407 e. The Labute approximate surface area is 97.4 Å². The van der Waals surface area contributed by atoms with Crippen LogP contribution >= 0.6 is 0 Å². The lowest BCUT2D eigenvalue weighted by atomic mass is 9.97. The standard InChI is InChI=1S/C12H23NO3/c1-12(2,3)16-11(15)13-7-9-5-4-6-10(9)8-14/h9-10,14H,4-8H2,1-3H3,(H,13,15)/t9-,10-/m0/s1. The summed E-state index contributed by atoms with van der Waals surface area (Å²) in [7, 11) is 0. The van der Waals surface area contributed by atoms with Crippen molar-refractivity contribution < 1.29 is 14.6 Å². The first-order chi connectivity index (χ1) is 7.42. The molecular weight excluding hydrogens is 206 g/mol. The molecule has 1 rings (SSSR count). The van der Waals surface area contributed by atoms with E-state index in [2.05, 4.69) is 5.32 Å². The van der Waals surface area contributed by atoms with Crippen molar-refractivity contribution in [3.8, 4) is 0 Å². The van der Waals surface area contributed by atoms with Gasteiger partial charge in [-0.2, -0.15) is 0 Å². The van der Waals surface area contributed by atoms with Crippen molar-refractivity contribution in [3.63, 3.8) is 0 Å². The van der Waals surface area contributed by atoms with Crippen LogP contribution in [0.5, 0.6) is 0 Å². The van der Waals surface area contributed by atoms with Crippen LogP contribution in [0.15, 0.2) is 0 Å². The van der Waals surface area contributed by atoms with Crippen LogP contribution in [-0.2, 0) is 4.74 Å². The van der Waals surface area contributed by atoms with E-state index in [-0.39, 0.29) is 12.7 Å². The van der Waals surface area contributed by atoms with Gasteiger partial charge in [-0.15, -0.1) is 0 Å². The van der Waals surface area contributed by atoms with E-state index in [9.17, 15) is 4.79 Å². The zero-order valence-electron chi connectivity index (χ0n) is 10.5. The van der Waals surface area contributed by atoms with Gasteiger partial charge in [-0.05, 0) is 45.4 Å². The van der Waals surface area contributed by atoms with E-state index in [1.807, 2.05) is 20.8 Å². The normalized spacial score (nSPS) is 25.5. The van der Waals surface area contributed by atoms with Crippen molar-refractivity contribution >= 4 is 6.09 Å². The topological polar surface area (TPSA) is 58.6 Å². The Morgan fingerprint density at radius 2 is 2.00 bits per heavy atom. The Bertz CT molecular complexity index is 235. The van der Waals surface area contributed by atoms with E-state index in [4.69, 9.17) is 9.84 Å². The number of aliphatic hydroxyl groups excluding tert-OH is 1. The lowest BCUT2D eigenvalue weighted by molar-refractivity contribution is 0.0511. The van der Waals surface area contributed by atoms with Crippen LogP contribution < -0.4 is 5.32 Å². The lowest BCUT2D eigenvalue weighted by Gasteiger charge is -2.22. The van der Waals surface area contributed by atoms with Gasteiger partial charge in [0.15, 0.2) is 0 Å². The third-order valence-corrected chi connectivity index (χ3v) is 2.96. The first-order valence-electron chi connectivity index (χ1n) is 6.00. The molecule has 0 unspecified atom stereocenters. The Balaban J connectivity index is 2.26. The molecule has 0 bridgehead atoms. The van der Waals surface area contributed by atoms with Crippen LogP contribution in [0.1, 0.15) is 40.0 Å². The molecule has 0 aromatic heterocycles. The molecule has 0 aromatic carbocycles. The number of hydrogen-bond acceptors (Lipinski definition) is 3. The van der Waals surface area contributed by atoms with Gasteiger partial charge in [0.25, 0.3) is 0 Å². The predicted molar refractivity (Wildman–Crippen MR) is 62.2 cm³/mol. The summed E-state index contributed by atoms with van der Waals surface area (Å²) < 4.78 is 5.15. The van der Waals surface area contributed by atoms with E-state index < -0.39 is 5.60 Å². The monoisotopic (exact) mass is 229 g/mol.